The first-order valence-corrected chi connectivity index (χ1v) is 6.93. The molecule has 1 aliphatic rings. The summed E-state index contributed by atoms with van der Waals surface area (Å²) in [4.78, 5) is 13.6. The Balaban J connectivity index is 1.78. The molecule has 0 bridgehead atoms. The third-order valence-electron chi connectivity index (χ3n) is 3.04. The first-order valence-electron chi connectivity index (χ1n) is 6.17. The molecule has 0 aliphatic carbocycles. The van der Waals surface area contributed by atoms with Crippen LogP contribution in [0.1, 0.15) is 12.8 Å². The molecular weight excluding hydrogens is 287 g/mol. The molecule has 1 aliphatic heterocycles. The molecule has 2 rings (SSSR count). The van der Waals surface area contributed by atoms with E-state index in [1.54, 1.807) is 23.1 Å². The Morgan fingerprint density at radius 1 is 1.47 bits per heavy atom. The first kappa shape index (κ1) is 14.4. The van der Waals surface area contributed by atoms with Crippen molar-refractivity contribution >= 4 is 29.1 Å². The summed E-state index contributed by atoms with van der Waals surface area (Å²) in [5, 5.41) is 1.00. The van der Waals surface area contributed by atoms with Crippen molar-refractivity contribution in [2.75, 3.05) is 19.7 Å². The number of ether oxygens (including phenoxy) is 1. The molecule has 0 unspecified atom stereocenters. The first-order chi connectivity index (χ1) is 9.06. The fourth-order valence-corrected chi connectivity index (χ4v) is 2.48. The maximum atomic E-state index is 11.9. The number of nitrogens with zero attached hydrogens (tertiary/aromatic N) is 1. The van der Waals surface area contributed by atoms with E-state index in [0.29, 0.717) is 35.4 Å². The van der Waals surface area contributed by atoms with Gasteiger partial charge in [-0.05, 0) is 24.6 Å². The lowest BCUT2D eigenvalue weighted by molar-refractivity contribution is -0.130. The number of carbonyl (C=O) groups excluding carboxylic acids is 1. The van der Waals surface area contributed by atoms with E-state index in [4.69, 9.17) is 33.7 Å². The molecule has 0 spiro atoms. The van der Waals surface area contributed by atoms with Crippen molar-refractivity contribution in [3.63, 3.8) is 0 Å². The molecule has 104 valence electrons. The van der Waals surface area contributed by atoms with Crippen molar-refractivity contribution in [2.45, 2.75) is 18.9 Å². The second-order valence-electron chi connectivity index (χ2n) is 4.56. The van der Waals surface area contributed by atoms with Crippen LogP contribution in [-0.2, 0) is 4.79 Å². The topological polar surface area (TPSA) is 55.6 Å². The number of hydrogen-bond acceptors (Lipinski definition) is 3. The molecule has 6 heteroatoms. The molecule has 1 heterocycles. The quantitative estimate of drug-likeness (QED) is 0.928. The zero-order valence-electron chi connectivity index (χ0n) is 10.4. The molecule has 2 N–H and O–H groups in total. The maximum absolute atomic E-state index is 11.9. The molecule has 1 atom stereocenters. The van der Waals surface area contributed by atoms with Crippen LogP contribution in [0, 0.1) is 0 Å². The van der Waals surface area contributed by atoms with Gasteiger partial charge in [0, 0.05) is 24.2 Å². The highest BCUT2D eigenvalue weighted by atomic mass is 35.5. The minimum absolute atomic E-state index is 0.0676. The van der Waals surface area contributed by atoms with Gasteiger partial charge in [-0.2, -0.15) is 0 Å². The van der Waals surface area contributed by atoms with Gasteiger partial charge in [-0.25, -0.2) is 0 Å². The lowest BCUT2D eigenvalue weighted by atomic mass is 10.3. The molecule has 0 saturated carbocycles. The van der Waals surface area contributed by atoms with Gasteiger partial charge < -0.3 is 15.4 Å². The standard InChI is InChI=1S/C13H16Cl2N2O2/c14-9-1-2-12(11(15)7-9)19-6-4-13(18)17-5-3-10(16)8-17/h1-2,7,10H,3-6,8,16H2/t10-/m1/s1. The monoisotopic (exact) mass is 302 g/mol. The number of nitrogens with two attached hydrogens (primary N) is 1. The summed E-state index contributed by atoms with van der Waals surface area (Å²) < 4.78 is 5.48. The Morgan fingerprint density at radius 3 is 2.89 bits per heavy atom. The number of rotatable bonds is 4. The Hall–Kier alpha value is -0.970. The fraction of sp³-hybridized carbons (Fsp3) is 0.462. The van der Waals surface area contributed by atoms with Crippen LogP contribution in [0.15, 0.2) is 18.2 Å². The summed E-state index contributed by atoms with van der Waals surface area (Å²) in [5.74, 6) is 0.607. The van der Waals surface area contributed by atoms with Crippen molar-refractivity contribution in [2.24, 2.45) is 5.73 Å². The average molecular weight is 303 g/mol. The van der Waals surface area contributed by atoms with E-state index in [2.05, 4.69) is 0 Å². The van der Waals surface area contributed by atoms with Crippen LogP contribution < -0.4 is 10.5 Å². The van der Waals surface area contributed by atoms with E-state index < -0.39 is 0 Å². The van der Waals surface area contributed by atoms with Gasteiger partial charge in [0.1, 0.15) is 5.75 Å². The zero-order valence-corrected chi connectivity index (χ0v) is 12.0. The normalized spacial score (nSPS) is 18.7. The van der Waals surface area contributed by atoms with Crippen LogP contribution in [-0.4, -0.2) is 36.5 Å². The summed E-state index contributed by atoms with van der Waals surface area (Å²) in [7, 11) is 0. The molecular formula is C13H16Cl2N2O2. The minimum Gasteiger partial charge on any atom is -0.491 e. The average Bonchev–Trinajstić information content (AvgIpc) is 2.78. The Kier molecular flexibility index (Phi) is 4.91. The second-order valence-corrected chi connectivity index (χ2v) is 5.41. The smallest absolute Gasteiger partial charge is 0.226 e. The number of carbonyl (C=O) groups is 1. The van der Waals surface area contributed by atoms with E-state index in [0.717, 1.165) is 13.0 Å². The maximum Gasteiger partial charge on any atom is 0.226 e. The molecule has 1 saturated heterocycles. The van der Waals surface area contributed by atoms with E-state index >= 15 is 0 Å². The Labute approximate surface area is 122 Å². The summed E-state index contributed by atoms with van der Waals surface area (Å²) in [6, 6.07) is 5.11. The lowest BCUT2D eigenvalue weighted by Gasteiger charge is -2.16. The number of benzene rings is 1. The molecule has 19 heavy (non-hydrogen) atoms. The number of likely N-dealkylation sites (tertiary alicyclic amines) is 1. The summed E-state index contributed by atoms with van der Waals surface area (Å²) >= 11 is 11.8. The molecule has 1 aromatic carbocycles. The molecule has 0 radical (unpaired) electrons. The van der Waals surface area contributed by atoms with Gasteiger partial charge in [0.25, 0.3) is 0 Å². The van der Waals surface area contributed by atoms with Crippen molar-refractivity contribution in [3.8, 4) is 5.75 Å². The summed E-state index contributed by atoms with van der Waals surface area (Å²) in [5.41, 5.74) is 5.76. The number of halogens is 2. The van der Waals surface area contributed by atoms with Crippen molar-refractivity contribution < 1.29 is 9.53 Å². The highest BCUT2D eigenvalue weighted by Gasteiger charge is 2.23. The van der Waals surface area contributed by atoms with E-state index in [1.165, 1.54) is 0 Å². The minimum atomic E-state index is 0.0676. The predicted molar refractivity (Wildman–Crippen MR) is 75.7 cm³/mol. The van der Waals surface area contributed by atoms with Gasteiger partial charge in [-0.15, -0.1) is 0 Å². The van der Waals surface area contributed by atoms with Crippen LogP contribution in [0.4, 0.5) is 0 Å². The summed E-state index contributed by atoms with van der Waals surface area (Å²) in [6.07, 6.45) is 1.20. The molecule has 1 amide bonds. The number of hydrogen-bond donors (Lipinski definition) is 1. The Bertz CT molecular complexity index is 468. The zero-order chi connectivity index (χ0) is 13.8. The van der Waals surface area contributed by atoms with Gasteiger partial charge >= 0.3 is 0 Å². The Morgan fingerprint density at radius 2 is 2.26 bits per heavy atom. The summed E-state index contributed by atoms with van der Waals surface area (Å²) in [6.45, 7) is 1.67. The number of amides is 1. The van der Waals surface area contributed by atoms with Gasteiger partial charge in [-0.1, -0.05) is 23.2 Å². The van der Waals surface area contributed by atoms with E-state index in [9.17, 15) is 4.79 Å². The second kappa shape index (κ2) is 6.46. The van der Waals surface area contributed by atoms with Crippen LogP contribution >= 0.6 is 23.2 Å². The fourth-order valence-electron chi connectivity index (χ4n) is 2.01. The van der Waals surface area contributed by atoms with Crippen molar-refractivity contribution in [1.82, 2.24) is 4.90 Å². The van der Waals surface area contributed by atoms with E-state index in [1.807, 2.05) is 0 Å². The van der Waals surface area contributed by atoms with Crippen LogP contribution in [0.5, 0.6) is 5.75 Å². The third-order valence-corrected chi connectivity index (χ3v) is 3.58. The van der Waals surface area contributed by atoms with Crippen molar-refractivity contribution in [1.29, 1.82) is 0 Å². The molecule has 1 aromatic rings. The van der Waals surface area contributed by atoms with E-state index in [-0.39, 0.29) is 11.9 Å². The van der Waals surface area contributed by atoms with Crippen LogP contribution in [0.3, 0.4) is 0 Å². The highest BCUT2D eigenvalue weighted by Crippen LogP contribution is 2.27. The van der Waals surface area contributed by atoms with Crippen LogP contribution in [0.25, 0.3) is 0 Å². The van der Waals surface area contributed by atoms with Gasteiger partial charge in [0.15, 0.2) is 0 Å². The predicted octanol–water partition coefficient (Wildman–Crippen LogP) is 2.32. The van der Waals surface area contributed by atoms with Gasteiger partial charge in [-0.3, -0.25) is 4.79 Å². The van der Waals surface area contributed by atoms with Crippen LogP contribution in [0.2, 0.25) is 10.0 Å². The largest absolute Gasteiger partial charge is 0.491 e. The third kappa shape index (κ3) is 4.00. The van der Waals surface area contributed by atoms with Crippen molar-refractivity contribution in [3.05, 3.63) is 28.2 Å². The molecule has 0 aromatic heterocycles. The highest BCUT2D eigenvalue weighted by molar-refractivity contribution is 6.35. The molecule has 4 nitrogen and oxygen atoms in total. The lowest BCUT2D eigenvalue weighted by Crippen LogP contribution is -2.32. The SMILES string of the molecule is N[C@@H]1CCN(C(=O)CCOc2ccc(Cl)cc2Cl)C1. The van der Waals surface area contributed by atoms with Gasteiger partial charge in [0.05, 0.1) is 18.1 Å². The molecule has 1 fully saturated rings. The van der Waals surface area contributed by atoms with Gasteiger partial charge in [0.2, 0.25) is 5.91 Å².